The second kappa shape index (κ2) is 11.1. The lowest BCUT2D eigenvalue weighted by molar-refractivity contribution is 0.0882. The van der Waals surface area contributed by atoms with E-state index in [1.54, 1.807) is 12.1 Å². The molecule has 1 heterocycles. The number of piperidine rings is 1. The van der Waals surface area contributed by atoms with Crippen LogP contribution in [0.4, 0.5) is 5.69 Å². The molecule has 0 aromatic heterocycles. The van der Waals surface area contributed by atoms with E-state index in [0.717, 1.165) is 19.5 Å². The SMILES string of the molecule is CI.COc1cc(N)c(Cl)cc1C(=O)NC1CCN(C2=CCCCC2)CC1C. The third kappa shape index (κ3) is 5.69. The van der Waals surface area contributed by atoms with E-state index < -0.39 is 0 Å². The number of nitrogens with two attached hydrogens (primary N) is 1. The molecule has 2 atom stereocenters. The van der Waals surface area contributed by atoms with Crippen LogP contribution in [-0.4, -0.2) is 42.0 Å². The third-order valence-electron chi connectivity index (χ3n) is 5.46. The maximum absolute atomic E-state index is 12.8. The molecule has 7 heteroatoms. The summed E-state index contributed by atoms with van der Waals surface area (Å²) in [6.07, 6.45) is 8.29. The van der Waals surface area contributed by atoms with E-state index in [-0.39, 0.29) is 11.9 Å². The highest BCUT2D eigenvalue weighted by atomic mass is 127. The van der Waals surface area contributed by atoms with Crippen LogP contribution < -0.4 is 15.8 Å². The van der Waals surface area contributed by atoms with Crippen LogP contribution in [0.5, 0.6) is 5.75 Å². The van der Waals surface area contributed by atoms with Gasteiger partial charge in [-0.1, -0.05) is 47.2 Å². The first-order valence-corrected chi connectivity index (χ1v) is 12.3. The highest BCUT2D eigenvalue weighted by molar-refractivity contribution is 14.1. The molecule has 2 unspecified atom stereocenters. The van der Waals surface area contributed by atoms with Crippen molar-refractivity contribution in [2.45, 2.75) is 45.1 Å². The van der Waals surface area contributed by atoms with Gasteiger partial charge in [-0.3, -0.25) is 4.79 Å². The number of ether oxygens (including phenoxy) is 1. The van der Waals surface area contributed by atoms with Gasteiger partial charge in [0, 0.05) is 30.9 Å². The molecule has 0 bridgehead atoms. The van der Waals surface area contributed by atoms with Crippen LogP contribution in [-0.2, 0) is 0 Å². The molecule has 1 aliphatic carbocycles. The molecule has 0 radical (unpaired) electrons. The van der Waals surface area contributed by atoms with E-state index in [2.05, 4.69) is 45.8 Å². The van der Waals surface area contributed by atoms with E-state index in [1.807, 2.05) is 4.93 Å². The van der Waals surface area contributed by atoms with Gasteiger partial charge in [0.05, 0.1) is 23.4 Å². The number of nitrogens with zero attached hydrogens (tertiary/aromatic N) is 1. The normalized spacial score (nSPS) is 21.9. The van der Waals surface area contributed by atoms with Gasteiger partial charge >= 0.3 is 0 Å². The van der Waals surface area contributed by atoms with Crippen molar-refractivity contribution in [2.75, 3.05) is 30.9 Å². The molecule has 1 saturated heterocycles. The van der Waals surface area contributed by atoms with Crippen LogP contribution in [0.3, 0.4) is 0 Å². The molecule has 1 aliphatic heterocycles. The quantitative estimate of drug-likeness (QED) is 0.338. The summed E-state index contributed by atoms with van der Waals surface area (Å²) in [6.45, 7) is 4.17. The number of amides is 1. The number of carbonyl (C=O) groups excluding carboxylic acids is 1. The first-order chi connectivity index (χ1) is 13.5. The highest BCUT2D eigenvalue weighted by Gasteiger charge is 2.29. The molecule has 3 rings (SSSR count). The standard InChI is InChI=1S/C20H28ClN3O2.CH3I/c1-13-12-24(14-6-4-3-5-7-14)9-8-18(13)23-20(25)15-10-16(21)17(22)11-19(15)26-2;1-2/h6,10-11,13,18H,3-5,7-9,12,22H2,1-2H3,(H,23,25);1H3. The zero-order valence-electron chi connectivity index (χ0n) is 16.9. The van der Waals surface area contributed by atoms with E-state index in [9.17, 15) is 4.79 Å². The molecule has 1 amide bonds. The number of halogens is 2. The number of methoxy groups -OCH3 is 1. The molecule has 1 aromatic rings. The molecular formula is C21H31ClIN3O2. The highest BCUT2D eigenvalue weighted by Crippen LogP contribution is 2.30. The lowest BCUT2D eigenvalue weighted by Crippen LogP contribution is -2.49. The number of nitrogen functional groups attached to an aromatic ring is 1. The van der Waals surface area contributed by atoms with Gasteiger partial charge in [0.25, 0.3) is 5.91 Å². The fourth-order valence-electron chi connectivity index (χ4n) is 3.89. The van der Waals surface area contributed by atoms with Crippen LogP contribution in [0.1, 0.15) is 49.4 Å². The first-order valence-electron chi connectivity index (χ1n) is 9.75. The number of hydrogen-bond donors (Lipinski definition) is 2. The lowest BCUT2D eigenvalue weighted by Gasteiger charge is -2.40. The summed E-state index contributed by atoms with van der Waals surface area (Å²) in [5, 5.41) is 3.53. The Morgan fingerprint density at radius 3 is 2.71 bits per heavy atom. The van der Waals surface area contributed by atoms with Crippen LogP contribution in [0.2, 0.25) is 5.02 Å². The Morgan fingerprint density at radius 2 is 2.11 bits per heavy atom. The fraction of sp³-hybridized carbons (Fsp3) is 0.571. The molecule has 3 N–H and O–H groups in total. The van der Waals surface area contributed by atoms with Crippen LogP contribution >= 0.6 is 34.2 Å². The summed E-state index contributed by atoms with van der Waals surface area (Å²) in [4.78, 5) is 17.2. The van der Waals surface area contributed by atoms with Crippen molar-refractivity contribution in [3.8, 4) is 5.75 Å². The number of benzene rings is 1. The first kappa shape index (κ1) is 23.1. The van der Waals surface area contributed by atoms with Crippen LogP contribution in [0.15, 0.2) is 23.9 Å². The van der Waals surface area contributed by atoms with Gasteiger partial charge in [-0.05, 0) is 49.0 Å². The molecule has 156 valence electrons. The minimum Gasteiger partial charge on any atom is -0.496 e. The largest absolute Gasteiger partial charge is 0.496 e. The van der Waals surface area contributed by atoms with Crippen molar-refractivity contribution in [1.29, 1.82) is 0 Å². The Kier molecular flexibility index (Phi) is 9.21. The van der Waals surface area contributed by atoms with Crippen molar-refractivity contribution in [1.82, 2.24) is 10.2 Å². The Bertz CT molecular complexity index is 711. The summed E-state index contributed by atoms with van der Waals surface area (Å²) in [6, 6.07) is 3.32. The number of allylic oxidation sites excluding steroid dienone is 2. The van der Waals surface area contributed by atoms with Crippen LogP contribution in [0.25, 0.3) is 0 Å². The molecule has 0 saturated carbocycles. The molecule has 5 nitrogen and oxygen atoms in total. The average Bonchev–Trinajstić information content (AvgIpc) is 2.73. The van der Waals surface area contributed by atoms with E-state index >= 15 is 0 Å². The minimum absolute atomic E-state index is 0.143. The molecule has 28 heavy (non-hydrogen) atoms. The summed E-state index contributed by atoms with van der Waals surface area (Å²) < 4.78 is 5.30. The predicted octanol–water partition coefficient (Wildman–Crippen LogP) is 4.88. The molecule has 1 fully saturated rings. The van der Waals surface area contributed by atoms with Gasteiger partial charge < -0.3 is 20.7 Å². The summed E-state index contributed by atoms with van der Waals surface area (Å²) in [5.41, 5.74) is 8.12. The maximum Gasteiger partial charge on any atom is 0.255 e. The average molecular weight is 520 g/mol. The van der Waals surface area contributed by atoms with Gasteiger partial charge in [-0.15, -0.1) is 0 Å². The fourth-order valence-corrected chi connectivity index (χ4v) is 4.05. The summed E-state index contributed by atoms with van der Waals surface area (Å²) in [5.74, 6) is 0.665. The Labute approximate surface area is 187 Å². The monoisotopic (exact) mass is 519 g/mol. The van der Waals surface area contributed by atoms with Crippen molar-refractivity contribution < 1.29 is 9.53 Å². The van der Waals surface area contributed by atoms with E-state index in [4.69, 9.17) is 22.1 Å². The Hall–Kier alpha value is -1.15. The number of likely N-dealkylation sites (tertiary alicyclic amines) is 1. The number of nitrogens with one attached hydrogen (secondary N) is 1. The van der Waals surface area contributed by atoms with Crippen molar-refractivity contribution in [3.63, 3.8) is 0 Å². The van der Waals surface area contributed by atoms with Gasteiger partial charge in [-0.25, -0.2) is 0 Å². The molecular weight excluding hydrogens is 489 g/mol. The van der Waals surface area contributed by atoms with Gasteiger partial charge in [0.15, 0.2) is 0 Å². The third-order valence-corrected chi connectivity index (χ3v) is 5.79. The second-order valence-electron chi connectivity index (χ2n) is 7.31. The number of alkyl halides is 1. The van der Waals surface area contributed by atoms with E-state index in [1.165, 1.54) is 38.5 Å². The number of anilines is 1. The van der Waals surface area contributed by atoms with Crippen LogP contribution in [0, 0.1) is 5.92 Å². The zero-order valence-corrected chi connectivity index (χ0v) is 19.8. The number of carbonyl (C=O) groups is 1. The van der Waals surface area contributed by atoms with E-state index in [0.29, 0.717) is 27.9 Å². The molecule has 1 aromatic carbocycles. The summed E-state index contributed by atoms with van der Waals surface area (Å²) in [7, 11) is 1.53. The Morgan fingerprint density at radius 1 is 1.36 bits per heavy atom. The smallest absolute Gasteiger partial charge is 0.255 e. The Balaban J connectivity index is 0.00000136. The predicted molar refractivity (Wildman–Crippen MR) is 126 cm³/mol. The van der Waals surface area contributed by atoms with Gasteiger partial charge in [0.1, 0.15) is 5.75 Å². The minimum atomic E-state index is -0.161. The maximum atomic E-state index is 12.8. The molecule has 0 spiro atoms. The van der Waals surface area contributed by atoms with Crippen molar-refractivity contribution in [3.05, 3.63) is 34.5 Å². The van der Waals surface area contributed by atoms with Gasteiger partial charge in [0.2, 0.25) is 0 Å². The number of rotatable bonds is 4. The van der Waals surface area contributed by atoms with Crippen molar-refractivity contribution >= 4 is 45.8 Å². The molecule has 2 aliphatic rings. The second-order valence-corrected chi connectivity index (χ2v) is 7.71. The summed E-state index contributed by atoms with van der Waals surface area (Å²) >= 11 is 8.24. The number of hydrogen-bond acceptors (Lipinski definition) is 4. The topological polar surface area (TPSA) is 67.6 Å². The lowest BCUT2D eigenvalue weighted by atomic mass is 9.91. The van der Waals surface area contributed by atoms with Crippen molar-refractivity contribution in [2.24, 2.45) is 5.92 Å². The van der Waals surface area contributed by atoms with Gasteiger partial charge in [-0.2, -0.15) is 0 Å². The zero-order chi connectivity index (χ0) is 20.7.